The fraction of sp³-hybridized carbons (Fsp3) is 0.385. The summed E-state index contributed by atoms with van der Waals surface area (Å²) in [5.41, 5.74) is 0.760. The maximum Gasteiger partial charge on any atom is 0.335 e. The Labute approximate surface area is 123 Å². The van der Waals surface area contributed by atoms with Crippen LogP contribution in [-0.4, -0.2) is 38.6 Å². The lowest BCUT2D eigenvalue weighted by Gasteiger charge is -2.11. The van der Waals surface area contributed by atoms with Crippen LogP contribution in [0.4, 0.5) is 0 Å². The Morgan fingerprint density at radius 2 is 1.86 bits per heavy atom. The summed E-state index contributed by atoms with van der Waals surface area (Å²) in [7, 11) is -3.99. The van der Waals surface area contributed by atoms with Gasteiger partial charge in [-0.3, -0.25) is 4.79 Å². The van der Waals surface area contributed by atoms with E-state index < -0.39 is 28.5 Å². The van der Waals surface area contributed by atoms with Gasteiger partial charge in [-0.2, -0.15) is 4.72 Å². The van der Waals surface area contributed by atoms with Crippen molar-refractivity contribution in [2.75, 3.05) is 13.2 Å². The number of carbonyl (C=O) groups excluding carboxylic acids is 1. The van der Waals surface area contributed by atoms with Gasteiger partial charge >= 0.3 is 11.9 Å². The number of carboxylic acids is 1. The summed E-state index contributed by atoms with van der Waals surface area (Å²) >= 11 is 0. The molecule has 1 aromatic rings. The molecule has 0 radical (unpaired) electrons. The quantitative estimate of drug-likeness (QED) is 0.753. The van der Waals surface area contributed by atoms with E-state index in [1.54, 1.807) is 20.8 Å². The molecule has 0 bridgehead atoms. The number of hydrogen-bond donors (Lipinski definition) is 2. The van der Waals surface area contributed by atoms with Crippen LogP contribution in [0.15, 0.2) is 17.0 Å². The Bertz CT molecular complexity index is 665. The van der Waals surface area contributed by atoms with Crippen LogP contribution in [0.25, 0.3) is 0 Å². The molecule has 2 N–H and O–H groups in total. The number of benzene rings is 1. The van der Waals surface area contributed by atoms with Gasteiger partial charge in [0.1, 0.15) is 6.54 Å². The van der Waals surface area contributed by atoms with Crippen molar-refractivity contribution in [2.45, 2.75) is 25.7 Å². The zero-order chi connectivity index (χ0) is 16.2. The number of carbonyl (C=O) groups is 2. The second-order valence-corrected chi connectivity index (χ2v) is 6.10. The Balaban J connectivity index is 3.11. The van der Waals surface area contributed by atoms with Gasteiger partial charge in [0.2, 0.25) is 10.0 Å². The number of carboxylic acid groups (broad SMARTS) is 1. The largest absolute Gasteiger partial charge is 0.478 e. The van der Waals surface area contributed by atoms with Crippen LogP contribution in [0.1, 0.15) is 28.4 Å². The first-order valence-corrected chi connectivity index (χ1v) is 7.67. The summed E-state index contributed by atoms with van der Waals surface area (Å²) in [6, 6.07) is 2.56. The first-order chi connectivity index (χ1) is 9.69. The van der Waals surface area contributed by atoms with Crippen molar-refractivity contribution in [1.29, 1.82) is 0 Å². The lowest BCUT2D eigenvalue weighted by Crippen LogP contribution is -2.31. The minimum absolute atomic E-state index is 0.0999. The molecule has 21 heavy (non-hydrogen) atoms. The van der Waals surface area contributed by atoms with Crippen molar-refractivity contribution >= 4 is 22.0 Å². The summed E-state index contributed by atoms with van der Waals surface area (Å²) in [5, 5.41) is 9.05. The number of aromatic carboxylic acids is 1. The molecule has 0 heterocycles. The number of aryl methyl sites for hydroxylation is 2. The van der Waals surface area contributed by atoms with Gasteiger partial charge in [-0.25, -0.2) is 13.2 Å². The molecule has 0 aliphatic heterocycles. The Hall–Kier alpha value is -1.93. The number of esters is 1. The third kappa shape index (κ3) is 4.27. The van der Waals surface area contributed by atoms with Crippen LogP contribution in [-0.2, 0) is 19.6 Å². The normalized spacial score (nSPS) is 11.2. The molecule has 7 nitrogen and oxygen atoms in total. The topological polar surface area (TPSA) is 110 Å². The summed E-state index contributed by atoms with van der Waals surface area (Å²) in [6.07, 6.45) is 0. The maximum atomic E-state index is 12.1. The van der Waals surface area contributed by atoms with Gasteiger partial charge < -0.3 is 9.84 Å². The number of hydrogen-bond acceptors (Lipinski definition) is 5. The van der Waals surface area contributed by atoms with E-state index in [1.165, 1.54) is 6.07 Å². The molecule has 0 aliphatic rings. The molecule has 0 unspecified atom stereocenters. The highest BCUT2D eigenvalue weighted by Crippen LogP contribution is 2.20. The molecule has 8 heteroatoms. The predicted octanol–water partition coefficient (Wildman–Crippen LogP) is 0.843. The smallest absolute Gasteiger partial charge is 0.335 e. The molecule has 116 valence electrons. The number of ether oxygens (including phenoxy) is 1. The summed E-state index contributed by atoms with van der Waals surface area (Å²) < 4.78 is 31.0. The van der Waals surface area contributed by atoms with Gasteiger partial charge in [0.25, 0.3) is 0 Å². The molecule has 0 saturated heterocycles. The van der Waals surface area contributed by atoms with E-state index in [9.17, 15) is 18.0 Å². The molecule has 0 aromatic heterocycles. The molecule has 1 aromatic carbocycles. The summed E-state index contributed by atoms with van der Waals surface area (Å²) in [4.78, 5) is 22.1. The monoisotopic (exact) mass is 315 g/mol. The third-order valence-corrected chi connectivity index (χ3v) is 4.30. The first-order valence-electron chi connectivity index (χ1n) is 6.19. The van der Waals surface area contributed by atoms with Crippen LogP contribution in [0.2, 0.25) is 0 Å². The minimum Gasteiger partial charge on any atom is -0.478 e. The average molecular weight is 315 g/mol. The highest BCUT2D eigenvalue weighted by molar-refractivity contribution is 7.89. The molecular formula is C13H17NO6S. The van der Waals surface area contributed by atoms with Gasteiger partial charge in [-0.05, 0) is 38.0 Å². The van der Waals surface area contributed by atoms with Crippen molar-refractivity contribution in [3.8, 4) is 0 Å². The molecule has 1 rings (SSSR count). The van der Waals surface area contributed by atoms with Gasteiger partial charge in [0.05, 0.1) is 17.1 Å². The standard InChI is InChI=1S/C13H17NO6S/c1-4-20-12(15)7-14-21(18,19)11-6-10(13(16)17)8(2)5-9(11)3/h5-6,14H,4,7H2,1-3H3,(H,16,17). The molecular weight excluding hydrogens is 298 g/mol. The maximum absolute atomic E-state index is 12.1. The van der Waals surface area contributed by atoms with Crippen LogP contribution >= 0.6 is 0 Å². The number of nitrogens with one attached hydrogen (secondary N) is 1. The van der Waals surface area contributed by atoms with E-state index in [0.717, 1.165) is 6.07 Å². The average Bonchev–Trinajstić information content (AvgIpc) is 2.36. The predicted molar refractivity (Wildman–Crippen MR) is 74.7 cm³/mol. The van der Waals surface area contributed by atoms with Gasteiger partial charge in [0, 0.05) is 0 Å². The molecule has 0 spiro atoms. The van der Waals surface area contributed by atoms with Crippen molar-refractivity contribution in [1.82, 2.24) is 4.72 Å². The first kappa shape index (κ1) is 17.1. The second-order valence-electron chi connectivity index (χ2n) is 4.37. The molecule has 0 saturated carbocycles. The summed E-state index contributed by atoms with van der Waals surface area (Å²) in [5.74, 6) is -1.92. The molecule has 0 atom stereocenters. The molecule has 0 aliphatic carbocycles. The fourth-order valence-electron chi connectivity index (χ4n) is 1.80. The Morgan fingerprint density at radius 3 is 2.38 bits per heavy atom. The summed E-state index contributed by atoms with van der Waals surface area (Å²) in [6.45, 7) is 4.38. The van der Waals surface area contributed by atoms with E-state index >= 15 is 0 Å². The van der Waals surface area contributed by atoms with E-state index in [1.807, 2.05) is 0 Å². The molecule has 0 fully saturated rings. The Morgan fingerprint density at radius 1 is 1.24 bits per heavy atom. The van der Waals surface area contributed by atoms with E-state index in [0.29, 0.717) is 11.1 Å². The van der Waals surface area contributed by atoms with E-state index in [4.69, 9.17) is 5.11 Å². The van der Waals surface area contributed by atoms with Gasteiger partial charge in [-0.1, -0.05) is 6.07 Å². The zero-order valence-electron chi connectivity index (χ0n) is 12.0. The zero-order valence-corrected chi connectivity index (χ0v) is 12.8. The van der Waals surface area contributed by atoms with E-state index in [2.05, 4.69) is 9.46 Å². The lowest BCUT2D eigenvalue weighted by molar-refractivity contribution is -0.141. The van der Waals surface area contributed by atoms with Gasteiger partial charge in [0.15, 0.2) is 0 Å². The number of sulfonamides is 1. The fourth-order valence-corrected chi connectivity index (χ4v) is 3.02. The lowest BCUT2D eigenvalue weighted by atomic mass is 10.1. The van der Waals surface area contributed by atoms with Crippen LogP contribution < -0.4 is 4.72 Å². The third-order valence-electron chi connectivity index (χ3n) is 2.75. The second kappa shape index (κ2) is 6.68. The van der Waals surface area contributed by atoms with Crippen molar-refractivity contribution in [3.05, 3.63) is 28.8 Å². The molecule has 0 amide bonds. The van der Waals surface area contributed by atoms with Crippen LogP contribution in [0.3, 0.4) is 0 Å². The van der Waals surface area contributed by atoms with Gasteiger partial charge in [-0.15, -0.1) is 0 Å². The van der Waals surface area contributed by atoms with Crippen molar-refractivity contribution in [2.24, 2.45) is 0 Å². The van der Waals surface area contributed by atoms with Crippen LogP contribution in [0, 0.1) is 13.8 Å². The minimum atomic E-state index is -3.99. The highest BCUT2D eigenvalue weighted by Gasteiger charge is 2.21. The highest BCUT2D eigenvalue weighted by atomic mass is 32.2. The van der Waals surface area contributed by atoms with Crippen molar-refractivity contribution < 1.29 is 27.9 Å². The van der Waals surface area contributed by atoms with E-state index in [-0.39, 0.29) is 17.1 Å². The van der Waals surface area contributed by atoms with Crippen molar-refractivity contribution in [3.63, 3.8) is 0 Å². The Kier molecular flexibility index (Phi) is 5.45. The number of rotatable bonds is 6. The van der Waals surface area contributed by atoms with Crippen LogP contribution in [0.5, 0.6) is 0 Å². The SMILES string of the molecule is CCOC(=O)CNS(=O)(=O)c1cc(C(=O)O)c(C)cc1C.